The van der Waals surface area contributed by atoms with Crippen molar-refractivity contribution in [1.82, 2.24) is 9.80 Å². The summed E-state index contributed by atoms with van der Waals surface area (Å²) in [6.45, 7) is 3.64. The van der Waals surface area contributed by atoms with Crippen molar-refractivity contribution in [1.29, 1.82) is 0 Å². The van der Waals surface area contributed by atoms with Crippen molar-refractivity contribution in [2.75, 3.05) is 46.4 Å². The number of carbonyl (C=O) groups is 2. The monoisotopic (exact) mass is 324 g/mol. The molecule has 2 heterocycles. The Hall–Kier alpha value is -1.14. The quantitative estimate of drug-likeness (QED) is 0.791. The van der Waals surface area contributed by atoms with Crippen LogP contribution in [0.3, 0.4) is 0 Å². The number of hydrogen-bond donors (Lipinski definition) is 1. The fraction of sp³-hybridized carbons (Fsp3) is 0.882. The van der Waals surface area contributed by atoms with Crippen molar-refractivity contribution in [3.8, 4) is 0 Å². The summed E-state index contributed by atoms with van der Waals surface area (Å²) >= 11 is 0. The maximum atomic E-state index is 12.6. The molecule has 0 aromatic heterocycles. The second kappa shape index (κ2) is 6.77. The number of carbonyl (C=O) groups excluding carboxylic acids is 1. The Morgan fingerprint density at radius 3 is 2.57 bits per heavy atom. The minimum Gasteiger partial charge on any atom is -0.481 e. The number of methoxy groups -OCH3 is 1. The lowest BCUT2D eigenvalue weighted by atomic mass is 9.81. The maximum Gasteiger partial charge on any atom is 0.313 e. The molecule has 23 heavy (non-hydrogen) atoms. The number of rotatable bonds is 6. The van der Waals surface area contributed by atoms with Gasteiger partial charge in [-0.05, 0) is 18.8 Å². The molecule has 3 fully saturated rings. The first-order valence-corrected chi connectivity index (χ1v) is 8.77. The van der Waals surface area contributed by atoms with Crippen LogP contribution in [0.25, 0.3) is 0 Å². The van der Waals surface area contributed by atoms with Crippen LogP contribution < -0.4 is 0 Å². The Labute approximate surface area is 137 Å². The van der Waals surface area contributed by atoms with Crippen molar-refractivity contribution in [3.63, 3.8) is 0 Å². The van der Waals surface area contributed by atoms with E-state index in [0.29, 0.717) is 38.6 Å². The lowest BCUT2D eigenvalue weighted by Crippen LogP contribution is -2.42. The Bertz CT molecular complexity index is 464. The van der Waals surface area contributed by atoms with E-state index in [-0.39, 0.29) is 11.8 Å². The molecule has 1 amide bonds. The van der Waals surface area contributed by atoms with Gasteiger partial charge >= 0.3 is 5.97 Å². The molecule has 0 unspecified atom stereocenters. The molecular formula is C17H28N2O4. The standard InChI is InChI=1S/C17H28N2O4/c1-23-7-6-18-9-14-10-19(12-17(14,11-18)16(21)22)15(20)8-13-4-2-3-5-13/h13-14H,2-12H2,1H3,(H,21,22)/t14-,17-/m0/s1. The van der Waals surface area contributed by atoms with Crippen LogP contribution in [0.4, 0.5) is 0 Å². The van der Waals surface area contributed by atoms with E-state index in [1.165, 1.54) is 12.8 Å². The van der Waals surface area contributed by atoms with Gasteiger partial charge in [0.05, 0.1) is 6.61 Å². The van der Waals surface area contributed by atoms with Gasteiger partial charge in [-0.15, -0.1) is 0 Å². The molecule has 130 valence electrons. The molecule has 1 aliphatic carbocycles. The first kappa shape index (κ1) is 16.7. The molecule has 0 spiro atoms. The number of fused-ring (bicyclic) bond motifs is 1. The largest absolute Gasteiger partial charge is 0.481 e. The van der Waals surface area contributed by atoms with Crippen LogP contribution in [0.15, 0.2) is 0 Å². The van der Waals surface area contributed by atoms with Crippen molar-refractivity contribution in [2.45, 2.75) is 32.1 Å². The van der Waals surface area contributed by atoms with Crippen LogP contribution in [0, 0.1) is 17.3 Å². The average Bonchev–Trinajstić information content (AvgIpc) is 3.18. The van der Waals surface area contributed by atoms with Crippen LogP contribution in [0.1, 0.15) is 32.1 Å². The molecule has 1 saturated carbocycles. The second-order valence-electron chi connectivity index (χ2n) is 7.51. The molecule has 1 N–H and O–H groups in total. The second-order valence-corrected chi connectivity index (χ2v) is 7.51. The van der Waals surface area contributed by atoms with E-state index < -0.39 is 11.4 Å². The molecule has 3 aliphatic rings. The fourth-order valence-corrected chi connectivity index (χ4v) is 4.64. The fourth-order valence-electron chi connectivity index (χ4n) is 4.64. The van der Waals surface area contributed by atoms with Gasteiger partial charge < -0.3 is 14.7 Å². The van der Waals surface area contributed by atoms with Crippen molar-refractivity contribution >= 4 is 11.9 Å². The van der Waals surface area contributed by atoms with Gasteiger partial charge in [-0.3, -0.25) is 14.5 Å². The zero-order valence-corrected chi connectivity index (χ0v) is 14.0. The summed E-state index contributed by atoms with van der Waals surface area (Å²) in [5, 5.41) is 9.81. The lowest BCUT2D eigenvalue weighted by molar-refractivity contribution is -0.149. The molecule has 3 rings (SSSR count). The highest BCUT2D eigenvalue weighted by molar-refractivity contribution is 5.81. The van der Waals surface area contributed by atoms with Gasteiger partial charge in [-0.25, -0.2) is 0 Å². The van der Waals surface area contributed by atoms with Crippen LogP contribution in [-0.4, -0.2) is 73.2 Å². The topological polar surface area (TPSA) is 70.1 Å². The highest BCUT2D eigenvalue weighted by Crippen LogP contribution is 2.43. The average molecular weight is 324 g/mol. The summed E-state index contributed by atoms with van der Waals surface area (Å²) in [5.74, 6) is -0.0275. The van der Waals surface area contributed by atoms with Crippen LogP contribution in [-0.2, 0) is 14.3 Å². The zero-order valence-electron chi connectivity index (χ0n) is 14.0. The van der Waals surface area contributed by atoms with E-state index in [2.05, 4.69) is 4.90 Å². The third-order valence-electron chi connectivity index (χ3n) is 6.01. The van der Waals surface area contributed by atoms with Gasteiger partial charge in [0.25, 0.3) is 0 Å². The van der Waals surface area contributed by atoms with E-state index in [0.717, 1.165) is 25.9 Å². The number of carboxylic acid groups (broad SMARTS) is 1. The maximum absolute atomic E-state index is 12.6. The SMILES string of the molecule is COCCN1C[C@H]2CN(C(=O)CC3CCCC3)C[C@@]2(C(=O)O)C1. The Balaban J connectivity index is 1.62. The van der Waals surface area contributed by atoms with Gasteiger partial charge in [0.2, 0.25) is 5.91 Å². The first-order chi connectivity index (χ1) is 11.0. The van der Waals surface area contributed by atoms with Crippen LogP contribution >= 0.6 is 0 Å². The number of likely N-dealkylation sites (tertiary alicyclic amines) is 2. The summed E-state index contributed by atoms with van der Waals surface area (Å²) < 4.78 is 5.10. The predicted octanol–water partition coefficient (Wildman–Crippen LogP) is 1.06. The third kappa shape index (κ3) is 3.24. The molecule has 0 aromatic rings. The normalized spacial score (nSPS) is 31.7. The molecule has 0 bridgehead atoms. The number of hydrogen-bond acceptors (Lipinski definition) is 4. The van der Waals surface area contributed by atoms with Crippen molar-refractivity contribution in [3.05, 3.63) is 0 Å². The highest BCUT2D eigenvalue weighted by Gasteiger charge is 2.58. The van der Waals surface area contributed by atoms with E-state index in [1.807, 2.05) is 4.90 Å². The number of amides is 1. The molecular weight excluding hydrogens is 296 g/mol. The van der Waals surface area contributed by atoms with Crippen molar-refractivity contribution in [2.24, 2.45) is 17.3 Å². The number of aliphatic carboxylic acids is 1. The highest BCUT2D eigenvalue weighted by atomic mass is 16.5. The number of ether oxygens (including phenoxy) is 1. The van der Waals surface area contributed by atoms with E-state index in [4.69, 9.17) is 4.74 Å². The number of nitrogens with zero attached hydrogens (tertiary/aromatic N) is 2. The van der Waals surface area contributed by atoms with Gasteiger partial charge in [-0.2, -0.15) is 0 Å². The van der Waals surface area contributed by atoms with E-state index >= 15 is 0 Å². The van der Waals surface area contributed by atoms with Crippen molar-refractivity contribution < 1.29 is 19.4 Å². The van der Waals surface area contributed by atoms with E-state index in [9.17, 15) is 14.7 Å². The molecule has 6 nitrogen and oxygen atoms in total. The molecule has 2 aliphatic heterocycles. The van der Waals surface area contributed by atoms with E-state index in [1.54, 1.807) is 7.11 Å². The molecule has 0 radical (unpaired) electrons. The smallest absolute Gasteiger partial charge is 0.313 e. The summed E-state index contributed by atoms with van der Waals surface area (Å²) in [6.07, 6.45) is 5.37. The van der Waals surface area contributed by atoms with Gasteiger partial charge in [0.15, 0.2) is 0 Å². The predicted molar refractivity (Wildman–Crippen MR) is 85.0 cm³/mol. The molecule has 0 aromatic carbocycles. The molecule has 6 heteroatoms. The number of carboxylic acids is 1. The summed E-state index contributed by atoms with van der Waals surface area (Å²) in [4.78, 5) is 28.5. The van der Waals surface area contributed by atoms with Gasteiger partial charge in [0, 0.05) is 52.2 Å². The Morgan fingerprint density at radius 2 is 1.96 bits per heavy atom. The van der Waals surface area contributed by atoms with Gasteiger partial charge in [-0.1, -0.05) is 12.8 Å². The van der Waals surface area contributed by atoms with Crippen LogP contribution in [0.2, 0.25) is 0 Å². The van der Waals surface area contributed by atoms with Gasteiger partial charge in [0.1, 0.15) is 5.41 Å². The first-order valence-electron chi connectivity index (χ1n) is 8.77. The minimum atomic E-state index is -0.779. The van der Waals surface area contributed by atoms with Crippen LogP contribution in [0.5, 0.6) is 0 Å². The third-order valence-corrected chi connectivity index (χ3v) is 6.01. The minimum absolute atomic E-state index is 0.0457. The summed E-state index contributed by atoms with van der Waals surface area (Å²) in [7, 11) is 1.66. The zero-order chi connectivity index (χ0) is 16.4. The summed E-state index contributed by atoms with van der Waals surface area (Å²) in [5.41, 5.74) is -0.779. The molecule has 2 atom stereocenters. The Morgan fingerprint density at radius 1 is 1.22 bits per heavy atom. The molecule has 2 saturated heterocycles. The lowest BCUT2D eigenvalue weighted by Gasteiger charge is -2.26. The Kier molecular flexibility index (Phi) is 4.92. The summed E-state index contributed by atoms with van der Waals surface area (Å²) in [6, 6.07) is 0.